The van der Waals surface area contributed by atoms with E-state index in [1.165, 1.54) is 0 Å². The molecule has 0 fully saturated rings. The van der Waals surface area contributed by atoms with Gasteiger partial charge in [0, 0.05) is 23.6 Å². The normalized spacial score (nSPS) is 10.6. The number of aromatic nitrogens is 1. The molecule has 4 nitrogen and oxygen atoms in total. The van der Waals surface area contributed by atoms with Gasteiger partial charge < -0.3 is 10.2 Å². The zero-order valence-corrected chi connectivity index (χ0v) is 12.1. The Labute approximate surface area is 119 Å². The van der Waals surface area contributed by atoms with Crippen LogP contribution in [-0.4, -0.2) is 36.4 Å². The zero-order valence-electron chi connectivity index (χ0n) is 12.1. The van der Waals surface area contributed by atoms with Gasteiger partial charge in [0.25, 0.3) is 0 Å². The molecule has 0 unspecified atom stereocenters. The second-order valence-corrected chi connectivity index (χ2v) is 5.06. The van der Waals surface area contributed by atoms with Gasteiger partial charge in [0.15, 0.2) is 0 Å². The molecule has 0 saturated heterocycles. The van der Waals surface area contributed by atoms with Gasteiger partial charge >= 0.3 is 0 Å². The number of amides is 1. The number of anilines is 1. The van der Waals surface area contributed by atoms with E-state index in [0.29, 0.717) is 6.54 Å². The summed E-state index contributed by atoms with van der Waals surface area (Å²) in [4.78, 5) is 17.7. The van der Waals surface area contributed by atoms with Gasteiger partial charge in [-0.25, -0.2) is 0 Å². The maximum Gasteiger partial charge on any atom is 0.238 e. The van der Waals surface area contributed by atoms with Gasteiger partial charge in [-0.2, -0.15) is 0 Å². The van der Waals surface area contributed by atoms with Crippen LogP contribution in [0.15, 0.2) is 42.7 Å². The van der Waals surface area contributed by atoms with Crippen molar-refractivity contribution < 1.29 is 4.79 Å². The highest BCUT2D eigenvalue weighted by Crippen LogP contribution is 2.25. The van der Waals surface area contributed by atoms with E-state index >= 15 is 0 Å². The van der Waals surface area contributed by atoms with Crippen LogP contribution in [0.25, 0.3) is 11.1 Å². The number of carbonyl (C=O) groups is 1. The summed E-state index contributed by atoms with van der Waals surface area (Å²) in [5, 5.41) is 2.90. The lowest BCUT2D eigenvalue weighted by atomic mass is 10.0. The lowest BCUT2D eigenvalue weighted by Crippen LogP contribution is -2.27. The second kappa shape index (κ2) is 6.30. The molecule has 0 aliphatic carbocycles. The van der Waals surface area contributed by atoms with Crippen molar-refractivity contribution in [1.82, 2.24) is 9.88 Å². The van der Waals surface area contributed by atoms with Crippen LogP contribution < -0.4 is 5.32 Å². The summed E-state index contributed by atoms with van der Waals surface area (Å²) < 4.78 is 0. The average molecular weight is 269 g/mol. The number of likely N-dealkylation sites (N-methyl/N-ethyl adjacent to an activating group) is 1. The fourth-order valence-electron chi connectivity index (χ4n) is 2.08. The van der Waals surface area contributed by atoms with Crippen LogP contribution in [0.2, 0.25) is 0 Å². The van der Waals surface area contributed by atoms with Crippen molar-refractivity contribution in [1.29, 1.82) is 0 Å². The first kappa shape index (κ1) is 14.2. The molecule has 0 spiro atoms. The number of hydrogen-bond acceptors (Lipinski definition) is 3. The van der Waals surface area contributed by atoms with E-state index in [2.05, 4.69) is 10.3 Å². The molecule has 0 saturated carbocycles. The SMILES string of the molecule is Cc1cc(NC(=O)CN(C)C)ccc1-c1cccnc1. The Balaban J connectivity index is 2.16. The van der Waals surface area contributed by atoms with Gasteiger partial charge in [0.1, 0.15) is 0 Å². The Hall–Kier alpha value is -2.20. The average Bonchev–Trinajstić information content (AvgIpc) is 2.38. The number of aryl methyl sites for hydroxylation is 1. The van der Waals surface area contributed by atoms with Crippen molar-refractivity contribution in [3.05, 3.63) is 48.3 Å². The quantitative estimate of drug-likeness (QED) is 0.927. The maximum absolute atomic E-state index is 11.7. The Morgan fingerprint density at radius 1 is 1.30 bits per heavy atom. The summed E-state index contributed by atoms with van der Waals surface area (Å²) >= 11 is 0. The van der Waals surface area contributed by atoms with E-state index in [1.807, 2.05) is 62.4 Å². The minimum absolute atomic E-state index is 0.0106. The number of rotatable bonds is 4. The van der Waals surface area contributed by atoms with Gasteiger partial charge in [-0.3, -0.25) is 9.78 Å². The number of nitrogens with zero attached hydrogens (tertiary/aromatic N) is 2. The minimum Gasteiger partial charge on any atom is -0.325 e. The number of carbonyl (C=O) groups excluding carboxylic acids is 1. The van der Waals surface area contributed by atoms with E-state index in [9.17, 15) is 4.79 Å². The monoisotopic (exact) mass is 269 g/mol. The molecular formula is C16H19N3O. The molecule has 0 atom stereocenters. The fourth-order valence-corrected chi connectivity index (χ4v) is 2.08. The Morgan fingerprint density at radius 3 is 2.70 bits per heavy atom. The molecule has 1 aromatic carbocycles. The molecule has 1 heterocycles. The van der Waals surface area contributed by atoms with Crippen LogP contribution in [-0.2, 0) is 4.79 Å². The van der Waals surface area contributed by atoms with Gasteiger partial charge in [0.05, 0.1) is 6.54 Å². The summed E-state index contributed by atoms with van der Waals surface area (Å²) in [5.41, 5.74) is 4.14. The summed E-state index contributed by atoms with van der Waals surface area (Å²) in [6.45, 7) is 2.41. The number of benzene rings is 1. The van der Waals surface area contributed by atoms with Gasteiger partial charge in [-0.05, 0) is 50.3 Å². The molecule has 104 valence electrons. The van der Waals surface area contributed by atoms with Crippen molar-refractivity contribution in [2.24, 2.45) is 0 Å². The standard InChI is InChI=1S/C16H19N3O/c1-12-9-14(18-16(20)11-19(2)3)6-7-15(12)13-5-4-8-17-10-13/h4-10H,11H2,1-3H3,(H,18,20). The van der Waals surface area contributed by atoms with E-state index in [1.54, 1.807) is 6.20 Å². The molecule has 2 rings (SSSR count). The highest BCUT2D eigenvalue weighted by atomic mass is 16.2. The summed E-state index contributed by atoms with van der Waals surface area (Å²) in [6, 6.07) is 9.86. The second-order valence-electron chi connectivity index (χ2n) is 5.06. The van der Waals surface area contributed by atoms with Crippen molar-refractivity contribution >= 4 is 11.6 Å². The minimum atomic E-state index is -0.0106. The van der Waals surface area contributed by atoms with Crippen LogP contribution in [0.1, 0.15) is 5.56 Å². The third-order valence-electron chi connectivity index (χ3n) is 2.94. The van der Waals surface area contributed by atoms with Crippen molar-refractivity contribution in [2.75, 3.05) is 26.0 Å². The molecule has 0 radical (unpaired) electrons. The van der Waals surface area contributed by atoms with E-state index < -0.39 is 0 Å². The predicted octanol–water partition coefficient (Wildman–Crippen LogP) is 2.56. The molecule has 0 bridgehead atoms. The molecular weight excluding hydrogens is 250 g/mol. The van der Waals surface area contributed by atoms with Gasteiger partial charge in [-0.15, -0.1) is 0 Å². The molecule has 0 aliphatic rings. The Kier molecular flexibility index (Phi) is 4.48. The van der Waals surface area contributed by atoms with Gasteiger partial charge in [0.2, 0.25) is 5.91 Å². The van der Waals surface area contributed by atoms with E-state index in [-0.39, 0.29) is 5.91 Å². The smallest absolute Gasteiger partial charge is 0.238 e. The summed E-state index contributed by atoms with van der Waals surface area (Å²) in [7, 11) is 3.74. The first-order chi connectivity index (χ1) is 9.56. The zero-order chi connectivity index (χ0) is 14.5. The molecule has 4 heteroatoms. The third kappa shape index (κ3) is 3.65. The largest absolute Gasteiger partial charge is 0.325 e. The number of pyridine rings is 1. The van der Waals surface area contributed by atoms with Gasteiger partial charge in [-0.1, -0.05) is 12.1 Å². The van der Waals surface area contributed by atoms with Crippen LogP contribution in [0, 0.1) is 6.92 Å². The number of hydrogen-bond donors (Lipinski definition) is 1. The van der Waals surface area contributed by atoms with Crippen LogP contribution >= 0.6 is 0 Å². The Bertz CT molecular complexity index is 594. The van der Waals surface area contributed by atoms with Crippen molar-refractivity contribution in [3.8, 4) is 11.1 Å². The van der Waals surface area contributed by atoms with Crippen molar-refractivity contribution in [3.63, 3.8) is 0 Å². The third-order valence-corrected chi connectivity index (χ3v) is 2.94. The van der Waals surface area contributed by atoms with Crippen LogP contribution in [0.4, 0.5) is 5.69 Å². The van der Waals surface area contributed by atoms with E-state index in [4.69, 9.17) is 0 Å². The molecule has 1 amide bonds. The highest BCUT2D eigenvalue weighted by molar-refractivity contribution is 5.92. The molecule has 1 N–H and O–H groups in total. The Morgan fingerprint density at radius 2 is 2.10 bits per heavy atom. The first-order valence-electron chi connectivity index (χ1n) is 6.52. The summed E-state index contributed by atoms with van der Waals surface area (Å²) in [6.07, 6.45) is 3.60. The van der Waals surface area contributed by atoms with E-state index in [0.717, 1.165) is 22.4 Å². The lowest BCUT2D eigenvalue weighted by Gasteiger charge is -2.12. The lowest BCUT2D eigenvalue weighted by molar-refractivity contribution is -0.116. The van der Waals surface area contributed by atoms with Crippen LogP contribution in [0.5, 0.6) is 0 Å². The summed E-state index contributed by atoms with van der Waals surface area (Å²) in [5.74, 6) is -0.0106. The highest BCUT2D eigenvalue weighted by Gasteiger charge is 2.06. The molecule has 0 aliphatic heterocycles. The fraction of sp³-hybridized carbons (Fsp3) is 0.250. The number of nitrogens with one attached hydrogen (secondary N) is 1. The maximum atomic E-state index is 11.7. The predicted molar refractivity (Wildman–Crippen MR) is 81.6 cm³/mol. The van der Waals surface area contributed by atoms with Crippen molar-refractivity contribution in [2.45, 2.75) is 6.92 Å². The topological polar surface area (TPSA) is 45.2 Å². The van der Waals surface area contributed by atoms with Crippen LogP contribution in [0.3, 0.4) is 0 Å². The molecule has 2 aromatic rings. The molecule has 20 heavy (non-hydrogen) atoms. The first-order valence-corrected chi connectivity index (χ1v) is 6.52. The molecule has 1 aromatic heterocycles.